The Bertz CT molecular complexity index is 89.1. The van der Waals surface area contributed by atoms with Crippen LogP contribution in [0, 0.1) is 12.3 Å². The van der Waals surface area contributed by atoms with Crippen LogP contribution in [0.4, 0.5) is 0 Å². The van der Waals surface area contributed by atoms with Gasteiger partial charge in [-0.1, -0.05) is 12.8 Å². The predicted octanol–water partition coefficient (Wildman–Crippen LogP) is 0.916. The Morgan fingerprint density at radius 3 is 2.12 bits per heavy atom. The van der Waals surface area contributed by atoms with Crippen LogP contribution in [0.25, 0.3) is 0 Å². The maximum Gasteiger partial charge on any atom is 0.0717 e. The molecule has 8 heavy (non-hydrogen) atoms. The van der Waals surface area contributed by atoms with Crippen LogP contribution in [0.15, 0.2) is 0 Å². The molecule has 0 rings (SSSR count). The summed E-state index contributed by atoms with van der Waals surface area (Å²) >= 11 is 0. The molecule has 0 N–H and O–H groups in total. The molecule has 0 fully saturated rings. The predicted molar refractivity (Wildman–Crippen MR) is 34.9 cm³/mol. The summed E-state index contributed by atoms with van der Waals surface area (Å²) in [6.07, 6.45) is 7.77. The van der Waals surface area contributed by atoms with Gasteiger partial charge in [-0.05, 0) is 26.9 Å². The van der Waals surface area contributed by atoms with Crippen LogP contribution in [0.3, 0.4) is 0 Å². The lowest BCUT2D eigenvalue weighted by Gasteiger charge is -2.15. The molecule has 1 unspecified atom stereocenters. The van der Waals surface area contributed by atoms with E-state index in [1.54, 1.807) is 0 Å². The molecule has 0 aromatic rings. The molecule has 0 amide bonds. The van der Waals surface area contributed by atoms with Crippen molar-refractivity contribution in [2.24, 2.45) is 0 Å². The van der Waals surface area contributed by atoms with Crippen LogP contribution in [-0.2, 0) is 0 Å². The van der Waals surface area contributed by atoms with E-state index in [9.17, 15) is 0 Å². The van der Waals surface area contributed by atoms with Gasteiger partial charge in [-0.25, -0.2) is 0 Å². The summed E-state index contributed by atoms with van der Waals surface area (Å²) in [6, 6.07) is 0.204. The SMILES string of the molecule is [C]#CC(CC)N(C)C. The van der Waals surface area contributed by atoms with Gasteiger partial charge in [0.25, 0.3) is 0 Å². The van der Waals surface area contributed by atoms with Crippen molar-refractivity contribution in [2.75, 3.05) is 14.1 Å². The van der Waals surface area contributed by atoms with Crippen LogP contribution in [-0.4, -0.2) is 25.0 Å². The van der Waals surface area contributed by atoms with Crippen molar-refractivity contribution < 1.29 is 0 Å². The van der Waals surface area contributed by atoms with Crippen LogP contribution >= 0.6 is 0 Å². The van der Waals surface area contributed by atoms with Crippen LogP contribution in [0.2, 0.25) is 0 Å². The van der Waals surface area contributed by atoms with E-state index in [4.69, 9.17) is 6.42 Å². The molecule has 1 radical (unpaired) electrons. The third-order valence-corrected chi connectivity index (χ3v) is 1.18. The van der Waals surface area contributed by atoms with E-state index in [0.717, 1.165) is 6.42 Å². The summed E-state index contributed by atoms with van der Waals surface area (Å²) in [4.78, 5) is 1.98. The van der Waals surface area contributed by atoms with Crippen molar-refractivity contribution in [3.8, 4) is 5.92 Å². The fourth-order valence-corrected chi connectivity index (χ4v) is 0.596. The highest BCUT2D eigenvalue weighted by molar-refractivity contribution is 4.91. The minimum Gasteiger partial charge on any atom is -0.296 e. The van der Waals surface area contributed by atoms with E-state index in [2.05, 4.69) is 5.92 Å². The zero-order valence-corrected chi connectivity index (χ0v) is 5.73. The van der Waals surface area contributed by atoms with Gasteiger partial charge in [-0.2, -0.15) is 0 Å². The molecule has 1 atom stereocenters. The molecule has 0 spiro atoms. The molecule has 0 aliphatic rings. The molecule has 0 bridgehead atoms. The molecule has 45 valence electrons. The number of rotatable bonds is 2. The second-order valence-corrected chi connectivity index (χ2v) is 2.03. The van der Waals surface area contributed by atoms with Crippen LogP contribution in [0.1, 0.15) is 13.3 Å². The topological polar surface area (TPSA) is 3.24 Å². The molecule has 0 saturated heterocycles. The number of hydrogen-bond acceptors (Lipinski definition) is 1. The van der Waals surface area contributed by atoms with Crippen molar-refractivity contribution >= 4 is 0 Å². The van der Waals surface area contributed by atoms with Crippen molar-refractivity contribution in [1.82, 2.24) is 4.90 Å². The van der Waals surface area contributed by atoms with Gasteiger partial charge in [0.15, 0.2) is 0 Å². The smallest absolute Gasteiger partial charge is 0.0717 e. The van der Waals surface area contributed by atoms with E-state index >= 15 is 0 Å². The van der Waals surface area contributed by atoms with Crippen molar-refractivity contribution in [3.63, 3.8) is 0 Å². The van der Waals surface area contributed by atoms with Gasteiger partial charge < -0.3 is 0 Å². The Kier molecular flexibility index (Phi) is 3.30. The van der Waals surface area contributed by atoms with E-state index in [-0.39, 0.29) is 6.04 Å². The zero-order chi connectivity index (χ0) is 6.57. The Balaban J connectivity index is 3.57. The van der Waals surface area contributed by atoms with Gasteiger partial charge in [0.2, 0.25) is 0 Å². The summed E-state index contributed by atoms with van der Waals surface area (Å²) in [5.41, 5.74) is 0. The van der Waals surface area contributed by atoms with Gasteiger partial charge in [0.1, 0.15) is 0 Å². The van der Waals surface area contributed by atoms with Gasteiger partial charge >= 0.3 is 0 Å². The monoisotopic (exact) mass is 110 g/mol. The van der Waals surface area contributed by atoms with Crippen LogP contribution in [0.5, 0.6) is 0 Å². The third-order valence-electron chi connectivity index (χ3n) is 1.18. The summed E-state index contributed by atoms with van der Waals surface area (Å²) < 4.78 is 0. The molecule has 1 nitrogen and oxygen atoms in total. The fourth-order valence-electron chi connectivity index (χ4n) is 0.596. The lowest BCUT2D eigenvalue weighted by Crippen LogP contribution is -2.24. The molecule has 0 aromatic carbocycles. The summed E-state index contributed by atoms with van der Waals surface area (Å²) in [5, 5.41) is 0. The molecule has 0 heterocycles. The van der Waals surface area contributed by atoms with Crippen LogP contribution < -0.4 is 0 Å². The third kappa shape index (κ3) is 1.99. The summed E-state index contributed by atoms with van der Waals surface area (Å²) in [5.74, 6) is 2.43. The second-order valence-electron chi connectivity index (χ2n) is 2.03. The molecular weight excluding hydrogens is 98.1 g/mol. The Morgan fingerprint density at radius 1 is 1.62 bits per heavy atom. The Morgan fingerprint density at radius 2 is 2.12 bits per heavy atom. The highest BCUT2D eigenvalue weighted by Gasteiger charge is 2.01. The first-order valence-corrected chi connectivity index (χ1v) is 2.81. The molecule has 0 aliphatic heterocycles. The molecule has 0 aromatic heterocycles. The normalized spacial score (nSPS) is 13.4. The highest BCUT2D eigenvalue weighted by atomic mass is 15.1. The lowest BCUT2D eigenvalue weighted by atomic mass is 10.2. The Hall–Kier alpha value is -0.480. The Labute approximate surface area is 51.7 Å². The van der Waals surface area contributed by atoms with Gasteiger partial charge in [0.05, 0.1) is 6.04 Å². The molecule has 0 saturated carbocycles. The first-order chi connectivity index (χ1) is 3.72. The first kappa shape index (κ1) is 7.52. The minimum absolute atomic E-state index is 0.204. The number of nitrogens with zero attached hydrogens (tertiary/aromatic N) is 1. The maximum atomic E-state index is 6.80. The standard InChI is InChI=1S/C7H12N/c1-5-7(6-2)8(3)4/h7H,5H2,1,3-4H3. The maximum absolute atomic E-state index is 6.80. The minimum atomic E-state index is 0.204. The summed E-state index contributed by atoms with van der Waals surface area (Å²) in [6.45, 7) is 2.05. The lowest BCUT2D eigenvalue weighted by molar-refractivity contribution is 0.345. The van der Waals surface area contributed by atoms with E-state index in [0.29, 0.717) is 0 Å². The zero-order valence-electron chi connectivity index (χ0n) is 5.73. The first-order valence-electron chi connectivity index (χ1n) is 2.81. The molecule has 1 heteroatoms. The van der Waals surface area contributed by atoms with E-state index < -0.39 is 0 Å². The largest absolute Gasteiger partial charge is 0.296 e. The van der Waals surface area contributed by atoms with Crippen molar-refractivity contribution in [3.05, 3.63) is 6.42 Å². The average Bonchev–Trinajstić information content (AvgIpc) is 1.69. The van der Waals surface area contributed by atoms with Crippen molar-refractivity contribution in [1.29, 1.82) is 0 Å². The molecule has 0 aliphatic carbocycles. The average molecular weight is 110 g/mol. The highest BCUT2D eigenvalue weighted by Crippen LogP contribution is 1.94. The van der Waals surface area contributed by atoms with Crippen molar-refractivity contribution in [2.45, 2.75) is 19.4 Å². The number of hydrogen-bond donors (Lipinski definition) is 0. The quantitative estimate of drug-likeness (QED) is 0.478. The van der Waals surface area contributed by atoms with Gasteiger partial charge in [0, 0.05) is 0 Å². The molecular formula is C7H12N. The fraction of sp³-hybridized carbons (Fsp3) is 0.714. The van der Waals surface area contributed by atoms with E-state index in [1.807, 2.05) is 25.9 Å². The second kappa shape index (κ2) is 3.51. The summed E-state index contributed by atoms with van der Waals surface area (Å²) in [7, 11) is 3.91. The van der Waals surface area contributed by atoms with E-state index in [1.165, 1.54) is 0 Å². The van der Waals surface area contributed by atoms with Gasteiger partial charge in [-0.15, -0.1) is 0 Å². The van der Waals surface area contributed by atoms with Gasteiger partial charge in [-0.3, -0.25) is 4.90 Å².